The lowest BCUT2D eigenvalue weighted by Gasteiger charge is -2.31. The van der Waals surface area contributed by atoms with Crippen molar-refractivity contribution in [2.24, 2.45) is 17.8 Å². The van der Waals surface area contributed by atoms with Crippen molar-refractivity contribution in [3.63, 3.8) is 0 Å². The van der Waals surface area contributed by atoms with Gasteiger partial charge in [0.05, 0.1) is 13.2 Å². The van der Waals surface area contributed by atoms with Crippen LogP contribution in [0.15, 0.2) is 0 Å². The average Bonchev–Trinajstić information content (AvgIpc) is 2.98. The molecule has 0 aromatic heterocycles. The predicted octanol–water partition coefficient (Wildman–Crippen LogP) is 0.328. The highest BCUT2D eigenvalue weighted by Crippen LogP contribution is 2.45. The van der Waals surface area contributed by atoms with Crippen molar-refractivity contribution >= 4 is 11.8 Å². The van der Waals surface area contributed by atoms with Crippen LogP contribution in [0.1, 0.15) is 26.7 Å². The van der Waals surface area contributed by atoms with E-state index in [2.05, 4.69) is 22.0 Å². The number of carbonyl (C=O) groups is 2. The summed E-state index contributed by atoms with van der Waals surface area (Å²) in [6.45, 7) is 9.85. The van der Waals surface area contributed by atoms with Crippen molar-refractivity contribution in [3.05, 3.63) is 0 Å². The zero-order chi connectivity index (χ0) is 16.4. The van der Waals surface area contributed by atoms with Crippen LogP contribution in [0.4, 0.5) is 0 Å². The Morgan fingerprint density at radius 2 is 2.04 bits per heavy atom. The monoisotopic (exact) mass is 323 g/mol. The highest BCUT2D eigenvalue weighted by molar-refractivity contribution is 5.79. The first-order valence-electron chi connectivity index (χ1n) is 8.90. The molecule has 0 aromatic carbocycles. The fourth-order valence-corrected chi connectivity index (χ4v) is 4.57. The molecule has 3 rings (SSSR count). The van der Waals surface area contributed by atoms with Crippen LogP contribution in [0, 0.1) is 17.8 Å². The van der Waals surface area contributed by atoms with E-state index in [0.717, 1.165) is 45.8 Å². The smallest absolute Gasteiger partial charge is 0.223 e. The fraction of sp³-hybridized carbons (Fsp3) is 0.882. The zero-order valence-corrected chi connectivity index (χ0v) is 14.3. The summed E-state index contributed by atoms with van der Waals surface area (Å²) in [5, 5.41) is 2.95. The van der Waals surface area contributed by atoms with E-state index in [1.807, 2.05) is 0 Å². The van der Waals surface area contributed by atoms with E-state index in [9.17, 15) is 9.59 Å². The van der Waals surface area contributed by atoms with E-state index in [4.69, 9.17) is 4.74 Å². The minimum Gasteiger partial charge on any atom is -0.379 e. The van der Waals surface area contributed by atoms with Gasteiger partial charge in [0.1, 0.15) is 0 Å². The van der Waals surface area contributed by atoms with Crippen molar-refractivity contribution in [3.8, 4) is 0 Å². The van der Waals surface area contributed by atoms with Gasteiger partial charge in [-0.05, 0) is 24.2 Å². The summed E-state index contributed by atoms with van der Waals surface area (Å²) >= 11 is 0. The first kappa shape index (κ1) is 16.7. The van der Waals surface area contributed by atoms with E-state index >= 15 is 0 Å². The minimum absolute atomic E-state index is 0.0224. The Hall–Kier alpha value is -1.14. The summed E-state index contributed by atoms with van der Waals surface area (Å²) in [4.78, 5) is 28.1. The number of hydrogen-bond donors (Lipinski definition) is 1. The summed E-state index contributed by atoms with van der Waals surface area (Å²) in [5.74, 6) is 1.73. The van der Waals surface area contributed by atoms with Gasteiger partial charge in [-0.3, -0.25) is 14.5 Å². The molecular weight excluding hydrogens is 294 g/mol. The standard InChI is InChI=1S/C17H29N3O3/c1-12-9-16-14(15(12)11-18-13(2)21)10-17(22)20(16)4-3-19-5-7-23-8-6-19/h12,14-16H,3-11H2,1-2H3,(H,18,21)/t12-,14-,15+,16+/m0/s1. The van der Waals surface area contributed by atoms with Crippen LogP contribution < -0.4 is 5.32 Å². The molecule has 1 aliphatic carbocycles. The number of nitrogens with one attached hydrogen (secondary N) is 1. The fourth-order valence-electron chi connectivity index (χ4n) is 4.57. The first-order chi connectivity index (χ1) is 11.1. The third kappa shape index (κ3) is 3.69. The van der Waals surface area contributed by atoms with E-state index < -0.39 is 0 Å². The van der Waals surface area contributed by atoms with Crippen LogP contribution in [0.3, 0.4) is 0 Å². The molecule has 3 fully saturated rings. The van der Waals surface area contributed by atoms with Crippen LogP contribution in [0.25, 0.3) is 0 Å². The molecule has 1 saturated carbocycles. The Morgan fingerprint density at radius 3 is 2.74 bits per heavy atom. The van der Waals surface area contributed by atoms with E-state index in [1.54, 1.807) is 6.92 Å². The molecule has 6 heteroatoms. The molecule has 4 atom stereocenters. The van der Waals surface area contributed by atoms with Crippen molar-refractivity contribution in [1.29, 1.82) is 0 Å². The second-order valence-corrected chi connectivity index (χ2v) is 7.29. The lowest BCUT2D eigenvalue weighted by molar-refractivity contribution is -0.129. The van der Waals surface area contributed by atoms with Crippen LogP contribution >= 0.6 is 0 Å². The van der Waals surface area contributed by atoms with E-state index in [0.29, 0.717) is 42.7 Å². The number of likely N-dealkylation sites (tertiary alicyclic amines) is 1. The molecule has 2 aliphatic heterocycles. The molecule has 0 bridgehead atoms. The summed E-state index contributed by atoms with van der Waals surface area (Å²) in [6.07, 6.45) is 1.73. The number of ether oxygens (including phenoxy) is 1. The summed E-state index contributed by atoms with van der Waals surface area (Å²) in [5.41, 5.74) is 0. The Labute approximate surface area is 138 Å². The highest BCUT2D eigenvalue weighted by atomic mass is 16.5. The molecule has 6 nitrogen and oxygen atoms in total. The topological polar surface area (TPSA) is 61.9 Å². The summed E-state index contributed by atoms with van der Waals surface area (Å²) < 4.78 is 5.38. The maximum Gasteiger partial charge on any atom is 0.223 e. The average molecular weight is 323 g/mol. The van der Waals surface area contributed by atoms with Gasteiger partial charge in [0.2, 0.25) is 11.8 Å². The van der Waals surface area contributed by atoms with Gasteiger partial charge in [-0.15, -0.1) is 0 Å². The van der Waals surface area contributed by atoms with Gasteiger partial charge in [-0.2, -0.15) is 0 Å². The maximum atomic E-state index is 12.4. The molecule has 2 heterocycles. The number of rotatable bonds is 5. The number of carbonyl (C=O) groups excluding carboxylic acids is 2. The predicted molar refractivity (Wildman–Crippen MR) is 86.8 cm³/mol. The lowest BCUT2D eigenvalue weighted by atomic mass is 9.88. The molecule has 3 aliphatic rings. The van der Waals surface area contributed by atoms with Crippen LogP contribution in [-0.4, -0.2) is 73.6 Å². The number of morpholine rings is 1. The van der Waals surface area contributed by atoms with Crippen LogP contribution in [0.5, 0.6) is 0 Å². The molecular formula is C17H29N3O3. The Bertz CT molecular complexity index is 450. The molecule has 2 amide bonds. The Kier molecular flexibility index (Phi) is 5.21. The minimum atomic E-state index is 0.0224. The van der Waals surface area contributed by atoms with Gasteiger partial charge in [0.15, 0.2) is 0 Å². The maximum absolute atomic E-state index is 12.4. The van der Waals surface area contributed by atoms with Gasteiger partial charge in [-0.25, -0.2) is 0 Å². The number of hydrogen-bond acceptors (Lipinski definition) is 4. The van der Waals surface area contributed by atoms with Crippen LogP contribution in [0.2, 0.25) is 0 Å². The van der Waals surface area contributed by atoms with E-state index in [1.165, 1.54) is 0 Å². The molecule has 130 valence electrons. The third-order valence-electron chi connectivity index (χ3n) is 5.87. The van der Waals surface area contributed by atoms with E-state index in [-0.39, 0.29) is 5.91 Å². The second kappa shape index (κ2) is 7.18. The molecule has 2 saturated heterocycles. The Morgan fingerprint density at radius 1 is 1.30 bits per heavy atom. The zero-order valence-electron chi connectivity index (χ0n) is 14.3. The highest BCUT2D eigenvalue weighted by Gasteiger charge is 2.50. The van der Waals surface area contributed by atoms with Crippen molar-refractivity contribution in [2.75, 3.05) is 45.9 Å². The van der Waals surface area contributed by atoms with Crippen molar-refractivity contribution in [1.82, 2.24) is 15.1 Å². The van der Waals surface area contributed by atoms with Gasteiger partial charge >= 0.3 is 0 Å². The summed E-state index contributed by atoms with van der Waals surface area (Å²) in [6, 6.07) is 0.372. The second-order valence-electron chi connectivity index (χ2n) is 7.29. The summed E-state index contributed by atoms with van der Waals surface area (Å²) in [7, 11) is 0. The van der Waals surface area contributed by atoms with Gasteiger partial charge < -0.3 is 15.0 Å². The first-order valence-corrected chi connectivity index (χ1v) is 8.90. The van der Waals surface area contributed by atoms with Gasteiger partial charge in [0, 0.05) is 52.1 Å². The third-order valence-corrected chi connectivity index (χ3v) is 5.87. The van der Waals surface area contributed by atoms with Crippen molar-refractivity contribution < 1.29 is 14.3 Å². The molecule has 0 aromatic rings. The molecule has 1 N–H and O–H groups in total. The number of amides is 2. The van der Waals surface area contributed by atoms with Gasteiger partial charge in [0.25, 0.3) is 0 Å². The van der Waals surface area contributed by atoms with Crippen molar-refractivity contribution in [2.45, 2.75) is 32.7 Å². The largest absolute Gasteiger partial charge is 0.379 e. The van der Waals surface area contributed by atoms with Crippen LogP contribution in [-0.2, 0) is 14.3 Å². The Balaban J connectivity index is 1.56. The SMILES string of the molecule is CC(=O)NC[C@H]1[C@@H]2CC(=O)N(CCN3CCOCC3)[C@@H]2C[C@@H]1C. The number of nitrogens with zero attached hydrogens (tertiary/aromatic N) is 2. The molecule has 0 unspecified atom stereocenters. The number of fused-ring (bicyclic) bond motifs is 1. The van der Waals surface area contributed by atoms with Gasteiger partial charge in [-0.1, -0.05) is 6.92 Å². The molecule has 23 heavy (non-hydrogen) atoms. The lowest BCUT2D eigenvalue weighted by Crippen LogP contribution is -2.44. The normalized spacial score (nSPS) is 34.7. The molecule has 0 spiro atoms. The molecule has 0 radical (unpaired) electrons. The quantitative estimate of drug-likeness (QED) is 0.792.